The quantitative estimate of drug-likeness (QED) is 0.651. The van der Waals surface area contributed by atoms with Crippen LogP contribution in [-0.2, 0) is 16.1 Å². The first-order chi connectivity index (χ1) is 12.6. The minimum absolute atomic E-state index is 0.0871. The Labute approximate surface area is 158 Å². The number of carbonyl (C=O) groups excluding carboxylic acids is 2. The van der Waals surface area contributed by atoms with Crippen LogP contribution < -0.4 is 5.32 Å². The van der Waals surface area contributed by atoms with Gasteiger partial charge in [-0.05, 0) is 29.1 Å². The van der Waals surface area contributed by atoms with Gasteiger partial charge in [-0.25, -0.2) is 4.79 Å². The highest BCUT2D eigenvalue weighted by atomic mass is 32.1. The van der Waals surface area contributed by atoms with Crippen LogP contribution in [0.2, 0.25) is 0 Å². The number of hydrogen-bond donors (Lipinski definition) is 1. The fourth-order valence-electron chi connectivity index (χ4n) is 2.32. The average Bonchev–Trinajstić information content (AvgIpc) is 3.29. The number of benzene rings is 1. The smallest absolute Gasteiger partial charge is 0.342 e. The zero-order valence-electron chi connectivity index (χ0n) is 13.8. The summed E-state index contributed by atoms with van der Waals surface area (Å²) in [5, 5.41) is 15.8. The van der Waals surface area contributed by atoms with Gasteiger partial charge in [-0.1, -0.05) is 18.2 Å². The van der Waals surface area contributed by atoms with Gasteiger partial charge in [0.1, 0.15) is 17.2 Å². The fourth-order valence-corrected chi connectivity index (χ4v) is 4.14. The van der Waals surface area contributed by atoms with Crippen LogP contribution >= 0.6 is 22.7 Å². The van der Waals surface area contributed by atoms with E-state index in [9.17, 15) is 9.59 Å². The van der Waals surface area contributed by atoms with E-state index in [-0.39, 0.29) is 12.5 Å². The lowest BCUT2D eigenvalue weighted by Gasteiger charge is -2.08. The van der Waals surface area contributed by atoms with E-state index in [1.807, 2.05) is 29.0 Å². The van der Waals surface area contributed by atoms with Gasteiger partial charge in [0, 0.05) is 22.7 Å². The Kier molecular flexibility index (Phi) is 5.46. The van der Waals surface area contributed by atoms with Gasteiger partial charge in [-0.15, -0.1) is 22.7 Å². The fraction of sp³-hybridized carbons (Fsp3) is 0.105. The first kappa shape index (κ1) is 17.9. The summed E-state index contributed by atoms with van der Waals surface area (Å²) in [5.41, 5.74) is 2.44. The monoisotopic (exact) mass is 382 g/mol. The van der Waals surface area contributed by atoms with E-state index in [1.165, 1.54) is 29.6 Å². The summed E-state index contributed by atoms with van der Waals surface area (Å²) in [4.78, 5) is 25.1. The number of hydrogen-bond acceptors (Lipinski definition) is 6. The molecule has 130 valence electrons. The molecule has 0 fully saturated rings. The molecule has 1 N–H and O–H groups in total. The van der Waals surface area contributed by atoms with Gasteiger partial charge < -0.3 is 10.1 Å². The van der Waals surface area contributed by atoms with E-state index in [4.69, 9.17) is 10.00 Å². The summed E-state index contributed by atoms with van der Waals surface area (Å²) in [6.45, 7) is 1.49. The van der Waals surface area contributed by atoms with Crippen molar-refractivity contribution in [3.05, 3.63) is 63.8 Å². The molecule has 3 rings (SSSR count). The van der Waals surface area contributed by atoms with Crippen molar-refractivity contribution in [1.82, 2.24) is 0 Å². The van der Waals surface area contributed by atoms with Crippen LogP contribution in [-0.4, -0.2) is 11.9 Å². The second kappa shape index (κ2) is 7.95. The summed E-state index contributed by atoms with van der Waals surface area (Å²) in [7, 11) is 0. The molecule has 0 bridgehead atoms. The van der Waals surface area contributed by atoms with E-state index in [1.54, 1.807) is 24.3 Å². The van der Waals surface area contributed by atoms with Crippen LogP contribution in [0.4, 0.5) is 5.00 Å². The molecule has 0 aliphatic carbocycles. The highest BCUT2D eigenvalue weighted by molar-refractivity contribution is 7.17. The van der Waals surface area contributed by atoms with Crippen molar-refractivity contribution in [2.24, 2.45) is 0 Å². The van der Waals surface area contributed by atoms with Crippen LogP contribution in [0.3, 0.4) is 0 Å². The maximum absolute atomic E-state index is 12.7. The Balaban J connectivity index is 1.83. The van der Waals surface area contributed by atoms with Crippen LogP contribution in [0.15, 0.2) is 47.2 Å². The first-order valence-corrected chi connectivity index (χ1v) is 9.43. The highest BCUT2D eigenvalue weighted by Gasteiger charge is 2.23. The molecule has 5 nitrogen and oxygen atoms in total. The summed E-state index contributed by atoms with van der Waals surface area (Å²) < 4.78 is 5.45. The molecule has 0 unspecified atom stereocenters. The molecule has 7 heteroatoms. The number of rotatable bonds is 5. The molecule has 26 heavy (non-hydrogen) atoms. The SMILES string of the molecule is CC(=O)Nc1scc(-c2cccs2)c1C(=O)OCc1ccc(C#N)cc1. The van der Waals surface area contributed by atoms with Crippen molar-refractivity contribution in [1.29, 1.82) is 5.26 Å². The molecule has 0 aliphatic heterocycles. The molecule has 0 radical (unpaired) electrons. The third kappa shape index (κ3) is 3.99. The third-order valence-corrected chi connectivity index (χ3v) is 5.32. The van der Waals surface area contributed by atoms with E-state index in [0.29, 0.717) is 16.1 Å². The normalized spacial score (nSPS) is 10.2. The molecule has 0 saturated heterocycles. The van der Waals surface area contributed by atoms with Crippen LogP contribution in [0, 0.1) is 11.3 Å². The lowest BCUT2D eigenvalue weighted by atomic mass is 10.1. The van der Waals surface area contributed by atoms with Crippen LogP contribution in [0.25, 0.3) is 10.4 Å². The van der Waals surface area contributed by atoms with E-state index >= 15 is 0 Å². The summed E-state index contributed by atoms with van der Waals surface area (Å²) >= 11 is 2.81. The van der Waals surface area contributed by atoms with Crippen molar-refractivity contribution in [3.8, 4) is 16.5 Å². The minimum atomic E-state index is -0.497. The number of anilines is 1. The third-order valence-electron chi connectivity index (χ3n) is 3.52. The number of esters is 1. The summed E-state index contributed by atoms with van der Waals surface area (Å²) in [5.74, 6) is -0.742. The maximum Gasteiger partial charge on any atom is 0.342 e. The van der Waals surface area contributed by atoms with E-state index in [2.05, 4.69) is 5.32 Å². The molecule has 0 spiro atoms. The number of ether oxygens (including phenoxy) is 1. The molecular weight excluding hydrogens is 368 g/mol. The Morgan fingerprint density at radius 2 is 1.96 bits per heavy atom. The largest absolute Gasteiger partial charge is 0.457 e. The van der Waals surface area contributed by atoms with Crippen molar-refractivity contribution >= 4 is 39.6 Å². The van der Waals surface area contributed by atoms with Crippen molar-refractivity contribution in [3.63, 3.8) is 0 Å². The number of amides is 1. The predicted molar refractivity (Wildman–Crippen MR) is 102 cm³/mol. The first-order valence-electron chi connectivity index (χ1n) is 7.67. The predicted octanol–water partition coefficient (Wildman–Crippen LogP) is 4.66. The maximum atomic E-state index is 12.7. The molecule has 3 aromatic rings. The lowest BCUT2D eigenvalue weighted by molar-refractivity contribution is -0.114. The molecule has 0 atom stereocenters. The number of nitrogens with zero attached hydrogens (tertiary/aromatic N) is 1. The number of carbonyl (C=O) groups is 2. The van der Waals surface area contributed by atoms with Crippen molar-refractivity contribution < 1.29 is 14.3 Å². The summed E-state index contributed by atoms with van der Waals surface area (Å²) in [6, 6.07) is 12.7. The molecule has 0 saturated carbocycles. The molecule has 0 aliphatic rings. The average molecular weight is 382 g/mol. The van der Waals surface area contributed by atoms with Crippen molar-refractivity contribution in [2.45, 2.75) is 13.5 Å². The van der Waals surface area contributed by atoms with Crippen LogP contribution in [0.5, 0.6) is 0 Å². The minimum Gasteiger partial charge on any atom is -0.457 e. The van der Waals surface area contributed by atoms with Gasteiger partial charge in [0.05, 0.1) is 11.6 Å². The molecule has 2 aromatic heterocycles. The van der Waals surface area contributed by atoms with Gasteiger partial charge in [-0.2, -0.15) is 5.26 Å². The highest BCUT2D eigenvalue weighted by Crippen LogP contribution is 2.38. The molecular formula is C19H14N2O3S2. The van der Waals surface area contributed by atoms with Gasteiger partial charge in [0.15, 0.2) is 0 Å². The topological polar surface area (TPSA) is 79.2 Å². The van der Waals surface area contributed by atoms with Crippen LogP contribution in [0.1, 0.15) is 28.4 Å². The van der Waals surface area contributed by atoms with Gasteiger partial charge in [-0.3, -0.25) is 4.79 Å². The van der Waals surface area contributed by atoms with Gasteiger partial charge in [0.2, 0.25) is 5.91 Å². The Morgan fingerprint density at radius 3 is 2.58 bits per heavy atom. The number of nitrogens with one attached hydrogen (secondary N) is 1. The zero-order chi connectivity index (χ0) is 18.5. The molecule has 2 heterocycles. The second-order valence-corrected chi connectivity index (χ2v) is 7.22. The van der Waals surface area contributed by atoms with E-state index in [0.717, 1.165) is 16.0 Å². The molecule has 1 aromatic carbocycles. The Hall–Kier alpha value is -2.95. The zero-order valence-corrected chi connectivity index (χ0v) is 15.4. The second-order valence-electron chi connectivity index (χ2n) is 5.40. The number of nitriles is 1. The van der Waals surface area contributed by atoms with Gasteiger partial charge >= 0.3 is 5.97 Å². The Morgan fingerprint density at radius 1 is 1.19 bits per heavy atom. The molecule has 1 amide bonds. The van der Waals surface area contributed by atoms with Crippen molar-refractivity contribution in [2.75, 3.05) is 5.32 Å². The number of thiophene rings is 2. The summed E-state index contributed by atoms with van der Waals surface area (Å²) in [6.07, 6.45) is 0. The Bertz CT molecular complexity index is 967. The van der Waals surface area contributed by atoms with E-state index < -0.39 is 5.97 Å². The van der Waals surface area contributed by atoms with Gasteiger partial charge in [0.25, 0.3) is 0 Å². The standard InChI is InChI=1S/C19H14N2O3S2/c1-12(22)21-18-17(15(11-26-18)16-3-2-8-25-16)19(23)24-10-14-6-4-13(9-20)5-7-14/h2-8,11H,10H2,1H3,(H,21,22). The lowest BCUT2D eigenvalue weighted by Crippen LogP contribution is -2.11.